The van der Waals surface area contributed by atoms with Crippen molar-refractivity contribution in [2.24, 2.45) is 0 Å². The quantitative estimate of drug-likeness (QED) is 0.677. The van der Waals surface area contributed by atoms with Gasteiger partial charge in [0, 0.05) is 33.8 Å². The van der Waals surface area contributed by atoms with Gasteiger partial charge in [-0.3, -0.25) is 9.59 Å². The predicted molar refractivity (Wildman–Crippen MR) is 117 cm³/mol. The Kier molecular flexibility index (Phi) is 4.81. The Morgan fingerprint density at radius 1 is 1.07 bits per heavy atom. The molecule has 3 aromatic rings. The highest BCUT2D eigenvalue weighted by molar-refractivity contribution is 6.02. The Morgan fingerprint density at radius 2 is 1.80 bits per heavy atom. The van der Waals surface area contributed by atoms with Crippen LogP contribution in [0.4, 0.5) is 0 Å². The van der Waals surface area contributed by atoms with Crippen LogP contribution in [0.3, 0.4) is 0 Å². The first-order valence-electron chi connectivity index (χ1n) is 10.9. The van der Waals surface area contributed by atoms with Crippen molar-refractivity contribution in [3.05, 3.63) is 70.9 Å². The van der Waals surface area contributed by atoms with Crippen molar-refractivity contribution >= 4 is 22.7 Å². The molecule has 0 radical (unpaired) electrons. The molecule has 2 N–H and O–H groups in total. The van der Waals surface area contributed by atoms with Gasteiger partial charge in [-0.2, -0.15) is 0 Å². The number of rotatable bonds is 4. The predicted octanol–water partition coefficient (Wildman–Crippen LogP) is 4.47. The van der Waals surface area contributed by atoms with Crippen LogP contribution in [0.25, 0.3) is 10.9 Å². The number of aryl methyl sites for hydroxylation is 1. The number of hydrogen-bond acceptors (Lipinski definition) is 2. The first-order valence-corrected chi connectivity index (χ1v) is 10.9. The zero-order valence-electron chi connectivity index (χ0n) is 17.3. The van der Waals surface area contributed by atoms with Gasteiger partial charge in [-0.15, -0.1) is 0 Å². The summed E-state index contributed by atoms with van der Waals surface area (Å²) in [6.07, 6.45) is 5.64. The third-order valence-corrected chi connectivity index (χ3v) is 6.56. The van der Waals surface area contributed by atoms with Crippen molar-refractivity contribution in [2.45, 2.75) is 51.1 Å². The van der Waals surface area contributed by atoms with E-state index in [1.807, 2.05) is 43.3 Å². The number of nitrogens with zero attached hydrogens (tertiary/aromatic N) is 1. The van der Waals surface area contributed by atoms with E-state index in [2.05, 4.69) is 22.4 Å². The van der Waals surface area contributed by atoms with Crippen LogP contribution in [0.2, 0.25) is 0 Å². The number of aromatic nitrogens is 1. The second-order valence-corrected chi connectivity index (χ2v) is 8.53. The third-order valence-electron chi connectivity index (χ3n) is 6.56. The van der Waals surface area contributed by atoms with E-state index >= 15 is 0 Å². The molecular weight excluding hydrogens is 374 g/mol. The Bertz CT molecular complexity index is 1110. The van der Waals surface area contributed by atoms with Crippen LogP contribution in [0, 0.1) is 6.92 Å². The van der Waals surface area contributed by atoms with Gasteiger partial charge < -0.3 is 15.2 Å². The smallest absolute Gasteiger partial charge is 0.255 e. The largest absolute Gasteiger partial charge is 0.358 e. The van der Waals surface area contributed by atoms with Crippen molar-refractivity contribution in [3.8, 4) is 0 Å². The van der Waals surface area contributed by atoms with Crippen LogP contribution in [-0.4, -0.2) is 34.3 Å². The molecule has 1 atom stereocenters. The normalized spacial score (nSPS) is 19.3. The molecule has 1 saturated carbocycles. The molecule has 2 amide bonds. The first-order chi connectivity index (χ1) is 14.6. The van der Waals surface area contributed by atoms with E-state index < -0.39 is 0 Å². The average Bonchev–Trinajstić information content (AvgIpc) is 3.22. The Balaban J connectivity index is 1.51. The molecule has 2 aliphatic rings. The first kappa shape index (κ1) is 18.9. The van der Waals surface area contributed by atoms with E-state index in [4.69, 9.17) is 0 Å². The maximum atomic E-state index is 13.3. The molecule has 0 saturated heterocycles. The summed E-state index contributed by atoms with van der Waals surface area (Å²) in [6, 6.07) is 15.9. The van der Waals surface area contributed by atoms with Gasteiger partial charge in [-0.05, 0) is 37.5 Å². The standard InChI is InChI=1S/C25H27N3O2/c1-16-23(20-13-7-8-14-21(20)26-16)24-18-11-5-6-12-19(18)25(30)28(24)15-22(29)27-17-9-3-2-4-10-17/h5-8,11-14,17,24,26H,2-4,9-10,15H2,1H3,(H,27,29)/t24-/m1/s1. The topological polar surface area (TPSA) is 65.2 Å². The summed E-state index contributed by atoms with van der Waals surface area (Å²) in [6.45, 7) is 2.12. The van der Waals surface area contributed by atoms with Gasteiger partial charge in [-0.25, -0.2) is 0 Å². The number of hydrogen-bond donors (Lipinski definition) is 2. The van der Waals surface area contributed by atoms with Crippen LogP contribution < -0.4 is 5.32 Å². The lowest BCUT2D eigenvalue weighted by Gasteiger charge is -2.28. The van der Waals surface area contributed by atoms with Crippen molar-refractivity contribution in [3.63, 3.8) is 0 Å². The Hall–Kier alpha value is -3.08. The highest BCUT2D eigenvalue weighted by Gasteiger charge is 2.40. The van der Waals surface area contributed by atoms with Gasteiger partial charge >= 0.3 is 0 Å². The van der Waals surface area contributed by atoms with Gasteiger partial charge in [0.1, 0.15) is 6.54 Å². The van der Waals surface area contributed by atoms with E-state index in [1.54, 1.807) is 4.90 Å². The second-order valence-electron chi connectivity index (χ2n) is 8.53. The molecule has 154 valence electrons. The monoisotopic (exact) mass is 401 g/mol. The molecule has 2 aromatic carbocycles. The van der Waals surface area contributed by atoms with Crippen molar-refractivity contribution < 1.29 is 9.59 Å². The Labute approximate surface area is 176 Å². The van der Waals surface area contributed by atoms with Crippen LogP contribution in [0.15, 0.2) is 48.5 Å². The number of benzene rings is 2. The van der Waals surface area contributed by atoms with E-state index in [9.17, 15) is 9.59 Å². The minimum absolute atomic E-state index is 0.0643. The SMILES string of the molecule is Cc1[nH]c2ccccc2c1[C@H]1c2ccccc2C(=O)N1CC(=O)NC1CCCCC1. The fraction of sp³-hybridized carbons (Fsp3) is 0.360. The number of fused-ring (bicyclic) bond motifs is 2. The average molecular weight is 402 g/mol. The fourth-order valence-corrected chi connectivity index (χ4v) is 5.17. The minimum Gasteiger partial charge on any atom is -0.358 e. The zero-order chi connectivity index (χ0) is 20.7. The molecule has 1 aliphatic carbocycles. The number of carbonyl (C=O) groups is 2. The molecule has 1 fully saturated rings. The maximum Gasteiger partial charge on any atom is 0.255 e. The number of aromatic amines is 1. The van der Waals surface area contributed by atoms with E-state index in [-0.39, 0.29) is 30.4 Å². The van der Waals surface area contributed by atoms with Crippen molar-refractivity contribution in [1.82, 2.24) is 15.2 Å². The molecular formula is C25H27N3O2. The van der Waals surface area contributed by atoms with E-state index in [0.717, 1.165) is 53.4 Å². The number of H-pyrrole nitrogens is 1. The number of nitrogens with one attached hydrogen (secondary N) is 2. The lowest BCUT2D eigenvalue weighted by atomic mass is 9.95. The highest BCUT2D eigenvalue weighted by atomic mass is 16.2. The molecule has 0 unspecified atom stereocenters. The third kappa shape index (κ3) is 3.18. The number of carbonyl (C=O) groups excluding carboxylic acids is 2. The molecule has 5 heteroatoms. The van der Waals surface area contributed by atoms with Gasteiger partial charge in [0.05, 0.1) is 6.04 Å². The molecule has 5 nitrogen and oxygen atoms in total. The summed E-state index contributed by atoms with van der Waals surface area (Å²) in [4.78, 5) is 31.4. The van der Waals surface area contributed by atoms with Crippen LogP contribution in [0.1, 0.15) is 65.3 Å². The van der Waals surface area contributed by atoms with E-state index in [0.29, 0.717) is 5.56 Å². The molecule has 0 spiro atoms. The highest BCUT2D eigenvalue weighted by Crippen LogP contribution is 2.42. The van der Waals surface area contributed by atoms with Crippen molar-refractivity contribution in [1.29, 1.82) is 0 Å². The van der Waals surface area contributed by atoms with Crippen LogP contribution in [0.5, 0.6) is 0 Å². The fourth-order valence-electron chi connectivity index (χ4n) is 5.17. The van der Waals surface area contributed by atoms with Crippen LogP contribution >= 0.6 is 0 Å². The summed E-state index contributed by atoms with van der Waals surface area (Å²) in [5, 5.41) is 4.27. The summed E-state index contributed by atoms with van der Waals surface area (Å²) >= 11 is 0. The van der Waals surface area contributed by atoms with Gasteiger partial charge in [0.2, 0.25) is 5.91 Å². The summed E-state index contributed by atoms with van der Waals surface area (Å²) in [5.74, 6) is -0.135. The van der Waals surface area contributed by atoms with Gasteiger partial charge in [0.25, 0.3) is 5.91 Å². The van der Waals surface area contributed by atoms with Crippen LogP contribution in [-0.2, 0) is 4.79 Å². The summed E-state index contributed by atoms with van der Waals surface area (Å²) in [5.41, 5.74) is 4.82. The summed E-state index contributed by atoms with van der Waals surface area (Å²) < 4.78 is 0. The molecule has 1 aliphatic heterocycles. The van der Waals surface area contributed by atoms with Crippen molar-refractivity contribution in [2.75, 3.05) is 6.54 Å². The molecule has 0 bridgehead atoms. The Morgan fingerprint density at radius 3 is 2.63 bits per heavy atom. The summed E-state index contributed by atoms with van der Waals surface area (Å²) in [7, 11) is 0. The molecule has 1 aromatic heterocycles. The second kappa shape index (κ2) is 7.63. The lowest BCUT2D eigenvalue weighted by molar-refractivity contribution is -0.122. The molecule has 2 heterocycles. The molecule has 30 heavy (non-hydrogen) atoms. The minimum atomic E-state index is -0.262. The zero-order valence-corrected chi connectivity index (χ0v) is 17.3. The lowest BCUT2D eigenvalue weighted by Crippen LogP contribution is -2.44. The van der Waals surface area contributed by atoms with Gasteiger partial charge in [0.15, 0.2) is 0 Å². The maximum absolute atomic E-state index is 13.3. The molecule has 5 rings (SSSR count). The number of para-hydroxylation sites is 1. The van der Waals surface area contributed by atoms with Gasteiger partial charge in [-0.1, -0.05) is 55.7 Å². The van der Waals surface area contributed by atoms with E-state index in [1.165, 1.54) is 6.42 Å². The number of amides is 2.